The molecule has 1 amide bonds. The number of nitrogens with one attached hydrogen (secondary N) is 1. The summed E-state index contributed by atoms with van der Waals surface area (Å²) in [6.07, 6.45) is 3.20. The predicted octanol–water partition coefficient (Wildman–Crippen LogP) is 3.53. The molecule has 0 unspecified atom stereocenters. The Hall–Kier alpha value is -4.01. The molecular formula is C20H16FN5O3. The van der Waals surface area contributed by atoms with E-state index in [1.807, 2.05) is 0 Å². The highest BCUT2D eigenvalue weighted by molar-refractivity contribution is 6.04. The molecule has 0 aliphatic carbocycles. The van der Waals surface area contributed by atoms with E-state index < -0.39 is 5.82 Å². The quantitative estimate of drug-likeness (QED) is 0.538. The summed E-state index contributed by atoms with van der Waals surface area (Å²) in [4.78, 5) is 16.5. The van der Waals surface area contributed by atoms with Crippen molar-refractivity contribution in [2.75, 3.05) is 5.32 Å². The first-order valence-corrected chi connectivity index (χ1v) is 8.71. The van der Waals surface area contributed by atoms with Crippen LogP contribution in [0.4, 0.5) is 10.1 Å². The maximum absolute atomic E-state index is 14.3. The zero-order valence-electron chi connectivity index (χ0n) is 15.4. The number of anilines is 1. The number of rotatable bonds is 6. The second kappa shape index (κ2) is 7.93. The van der Waals surface area contributed by atoms with Crippen LogP contribution in [0.5, 0.6) is 5.75 Å². The van der Waals surface area contributed by atoms with Crippen molar-refractivity contribution >= 4 is 11.6 Å². The minimum Gasteiger partial charge on any atom is -0.485 e. The van der Waals surface area contributed by atoms with Crippen LogP contribution in [0, 0.1) is 12.7 Å². The number of aryl methyl sites for hydroxylation is 1. The maximum atomic E-state index is 14.3. The van der Waals surface area contributed by atoms with E-state index in [9.17, 15) is 9.18 Å². The number of benzene rings is 2. The Balaban J connectivity index is 1.38. The van der Waals surface area contributed by atoms with Gasteiger partial charge in [0, 0.05) is 30.6 Å². The summed E-state index contributed by atoms with van der Waals surface area (Å²) in [5.74, 6) is 0.594. The second-order valence-corrected chi connectivity index (χ2v) is 6.11. The van der Waals surface area contributed by atoms with Crippen LogP contribution in [-0.2, 0) is 6.61 Å². The fraction of sp³-hybridized carbons (Fsp3) is 0.100. The van der Waals surface area contributed by atoms with E-state index in [0.717, 1.165) is 0 Å². The molecule has 1 N–H and O–H groups in total. The van der Waals surface area contributed by atoms with Crippen molar-refractivity contribution < 1.29 is 18.4 Å². The van der Waals surface area contributed by atoms with E-state index in [2.05, 4.69) is 20.6 Å². The lowest BCUT2D eigenvalue weighted by atomic mass is 10.2. The van der Waals surface area contributed by atoms with Crippen molar-refractivity contribution in [3.05, 3.63) is 84.0 Å². The number of hydrogen-bond donors (Lipinski definition) is 1. The van der Waals surface area contributed by atoms with Crippen LogP contribution in [0.25, 0.3) is 5.69 Å². The Morgan fingerprint density at radius 1 is 1.24 bits per heavy atom. The minimum absolute atomic E-state index is 0.158. The fourth-order valence-electron chi connectivity index (χ4n) is 2.64. The molecule has 0 radical (unpaired) electrons. The van der Waals surface area contributed by atoms with Gasteiger partial charge in [-0.25, -0.2) is 9.07 Å². The molecule has 0 aliphatic heterocycles. The summed E-state index contributed by atoms with van der Waals surface area (Å²) in [5, 5.41) is 10.4. The van der Waals surface area contributed by atoms with Gasteiger partial charge in [-0.2, -0.15) is 10.1 Å². The number of ether oxygens (including phenoxy) is 1. The number of hydrogen-bond acceptors (Lipinski definition) is 6. The van der Waals surface area contributed by atoms with Gasteiger partial charge in [0.25, 0.3) is 5.91 Å². The van der Waals surface area contributed by atoms with Gasteiger partial charge in [-0.1, -0.05) is 5.16 Å². The van der Waals surface area contributed by atoms with Gasteiger partial charge in [0.15, 0.2) is 12.4 Å². The van der Waals surface area contributed by atoms with Crippen molar-refractivity contribution in [2.45, 2.75) is 13.5 Å². The highest BCUT2D eigenvalue weighted by Crippen LogP contribution is 2.19. The van der Waals surface area contributed by atoms with Crippen LogP contribution in [-0.4, -0.2) is 25.8 Å². The number of carbonyl (C=O) groups excluding carboxylic acids is 1. The van der Waals surface area contributed by atoms with Crippen LogP contribution in [0.1, 0.15) is 22.1 Å². The lowest BCUT2D eigenvalue weighted by Crippen LogP contribution is -2.12. The largest absolute Gasteiger partial charge is 0.485 e. The summed E-state index contributed by atoms with van der Waals surface area (Å²) in [6.45, 7) is 1.85. The van der Waals surface area contributed by atoms with E-state index >= 15 is 0 Å². The number of aromatic nitrogens is 4. The molecule has 146 valence electrons. The van der Waals surface area contributed by atoms with Gasteiger partial charge in [0.1, 0.15) is 11.4 Å². The molecule has 0 fully saturated rings. The van der Waals surface area contributed by atoms with Gasteiger partial charge < -0.3 is 14.6 Å². The Labute approximate surface area is 164 Å². The van der Waals surface area contributed by atoms with Gasteiger partial charge in [-0.15, -0.1) is 0 Å². The third-order valence-electron chi connectivity index (χ3n) is 4.01. The topological polar surface area (TPSA) is 95.1 Å². The molecular weight excluding hydrogens is 377 g/mol. The number of carbonyl (C=O) groups is 1. The normalized spacial score (nSPS) is 10.7. The van der Waals surface area contributed by atoms with Gasteiger partial charge in [0.2, 0.25) is 11.7 Å². The molecule has 0 saturated carbocycles. The smallest absolute Gasteiger partial charge is 0.255 e. The van der Waals surface area contributed by atoms with Crippen LogP contribution in [0.15, 0.2) is 65.4 Å². The first kappa shape index (κ1) is 18.4. The molecule has 9 heteroatoms. The third kappa shape index (κ3) is 4.29. The summed E-state index contributed by atoms with van der Waals surface area (Å²) in [6, 6.07) is 12.6. The lowest BCUT2D eigenvalue weighted by molar-refractivity contribution is 0.102. The number of amides is 1. The SMILES string of the molecule is Cc1nc(COc2ccc(C(=O)Nc3ccc(-n4cccn4)c(F)c3)cc2)no1. The number of nitrogens with zero attached hydrogens (tertiary/aromatic N) is 4. The van der Waals surface area contributed by atoms with Crippen molar-refractivity contribution in [3.63, 3.8) is 0 Å². The number of halogens is 1. The van der Waals surface area contributed by atoms with Gasteiger partial charge in [-0.3, -0.25) is 4.79 Å². The molecule has 29 heavy (non-hydrogen) atoms. The van der Waals surface area contributed by atoms with Crippen molar-refractivity contribution in [2.24, 2.45) is 0 Å². The molecule has 2 aromatic heterocycles. The molecule has 4 aromatic rings. The molecule has 2 aromatic carbocycles. The zero-order chi connectivity index (χ0) is 20.2. The molecule has 0 aliphatic rings. The Morgan fingerprint density at radius 3 is 2.72 bits per heavy atom. The van der Waals surface area contributed by atoms with Crippen LogP contribution < -0.4 is 10.1 Å². The molecule has 0 atom stereocenters. The van der Waals surface area contributed by atoms with E-state index in [1.54, 1.807) is 61.8 Å². The van der Waals surface area contributed by atoms with E-state index in [4.69, 9.17) is 9.26 Å². The van der Waals surface area contributed by atoms with E-state index in [1.165, 1.54) is 10.7 Å². The van der Waals surface area contributed by atoms with Gasteiger partial charge in [-0.05, 0) is 48.5 Å². The van der Waals surface area contributed by atoms with Gasteiger partial charge >= 0.3 is 0 Å². The lowest BCUT2D eigenvalue weighted by Gasteiger charge is -2.09. The Kier molecular flexibility index (Phi) is 5.02. The molecule has 0 spiro atoms. The molecule has 4 rings (SSSR count). The zero-order valence-corrected chi connectivity index (χ0v) is 15.4. The van der Waals surface area contributed by atoms with E-state index in [0.29, 0.717) is 34.4 Å². The van der Waals surface area contributed by atoms with Crippen molar-refractivity contribution in [1.29, 1.82) is 0 Å². The Bertz CT molecular complexity index is 1120. The van der Waals surface area contributed by atoms with Gasteiger partial charge in [0.05, 0.1) is 0 Å². The maximum Gasteiger partial charge on any atom is 0.255 e. The highest BCUT2D eigenvalue weighted by Gasteiger charge is 2.10. The summed E-state index contributed by atoms with van der Waals surface area (Å²) in [5.41, 5.74) is 1.05. The third-order valence-corrected chi connectivity index (χ3v) is 4.01. The standard InChI is InChI=1S/C20H16FN5O3/c1-13-23-19(25-29-13)12-28-16-6-3-14(4-7-16)20(27)24-15-5-8-18(17(21)11-15)26-10-2-9-22-26/h2-11H,12H2,1H3,(H,24,27). The van der Waals surface area contributed by atoms with Crippen molar-refractivity contribution in [1.82, 2.24) is 19.9 Å². The minimum atomic E-state index is -0.494. The van der Waals surface area contributed by atoms with Crippen LogP contribution in [0.2, 0.25) is 0 Å². The van der Waals surface area contributed by atoms with Crippen LogP contribution in [0.3, 0.4) is 0 Å². The molecule has 0 saturated heterocycles. The van der Waals surface area contributed by atoms with Crippen LogP contribution >= 0.6 is 0 Å². The first-order valence-electron chi connectivity index (χ1n) is 8.71. The van der Waals surface area contributed by atoms with E-state index in [-0.39, 0.29) is 12.5 Å². The highest BCUT2D eigenvalue weighted by atomic mass is 19.1. The average molecular weight is 393 g/mol. The molecule has 8 nitrogen and oxygen atoms in total. The molecule has 2 heterocycles. The first-order chi connectivity index (χ1) is 14.1. The van der Waals surface area contributed by atoms with Crippen molar-refractivity contribution in [3.8, 4) is 11.4 Å². The fourth-order valence-corrected chi connectivity index (χ4v) is 2.64. The average Bonchev–Trinajstić information content (AvgIpc) is 3.39. The Morgan fingerprint density at radius 2 is 2.07 bits per heavy atom. The summed E-state index contributed by atoms with van der Waals surface area (Å²) in [7, 11) is 0. The summed E-state index contributed by atoms with van der Waals surface area (Å²) < 4.78 is 26.1. The molecule has 0 bridgehead atoms. The predicted molar refractivity (Wildman–Crippen MR) is 101 cm³/mol. The second-order valence-electron chi connectivity index (χ2n) is 6.11. The monoisotopic (exact) mass is 393 g/mol. The summed E-state index contributed by atoms with van der Waals surface area (Å²) >= 11 is 0.